The van der Waals surface area contributed by atoms with Crippen LogP contribution in [0.15, 0.2) is 12.4 Å². The molecule has 1 fully saturated rings. The molecule has 0 aliphatic carbocycles. The Morgan fingerprint density at radius 1 is 1.22 bits per heavy atom. The zero-order valence-electron chi connectivity index (χ0n) is 11.6. The fraction of sp³-hybridized carbons (Fsp3) is 0.786. The van der Waals surface area contributed by atoms with Gasteiger partial charge in [-0.1, -0.05) is 13.3 Å². The molecule has 4 nitrogen and oxygen atoms in total. The maximum atomic E-state index is 4.41. The minimum absolute atomic E-state index is 0.890. The van der Waals surface area contributed by atoms with Gasteiger partial charge in [0.15, 0.2) is 0 Å². The third-order valence-corrected chi connectivity index (χ3v) is 3.60. The first-order chi connectivity index (χ1) is 8.90. The highest BCUT2D eigenvalue weighted by molar-refractivity contribution is 4.91. The SMILES string of the molecule is CCCn1ccnc1CNCCN1CCCCC1. The quantitative estimate of drug-likeness (QED) is 0.750. The van der Waals surface area contributed by atoms with Gasteiger partial charge in [-0.3, -0.25) is 0 Å². The maximum Gasteiger partial charge on any atom is 0.122 e. The molecule has 1 aliphatic rings. The topological polar surface area (TPSA) is 33.1 Å². The number of likely N-dealkylation sites (tertiary alicyclic amines) is 1. The molecular weight excluding hydrogens is 224 g/mol. The fourth-order valence-electron chi connectivity index (χ4n) is 2.57. The molecule has 2 heterocycles. The summed E-state index contributed by atoms with van der Waals surface area (Å²) >= 11 is 0. The van der Waals surface area contributed by atoms with E-state index in [1.54, 1.807) is 0 Å². The summed E-state index contributed by atoms with van der Waals surface area (Å²) in [6.45, 7) is 8.98. The third kappa shape index (κ3) is 4.10. The first-order valence-corrected chi connectivity index (χ1v) is 7.33. The monoisotopic (exact) mass is 250 g/mol. The Labute approximate surface area is 110 Å². The number of hydrogen-bond donors (Lipinski definition) is 1. The molecule has 1 aromatic heterocycles. The lowest BCUT2D eigenvalue weighted by Crippen LogP contribution is -2.35. The molecule has 102 valence electrons. The van der Waals surface area contributed by atoms with Crippen molar-refractivity contribution in [3.8, 4) is 0 Å². The molecule has 0 saturated carbocycles. The molecule has 18 heavy (non-hydrogen) atoms. The lowest BCUT2D eigenvalue weighted by Gasteiger charge is -2.26. The van der Waals surface area contributed by atoms with Gasteiger partial charge in [-0.05, 0) is 32.4 Å². The van der Waals surface area contributed by atoms with Gasteiger partial charge in [0.1, 0.15) is 5.82 Å². The molecule has 1 saturated heterocycles. The highest BCUT2D eigenvalue weighted by Crippen LogP contribution is 2.07. The van der Waals surface area contributed by atoms with Crippen molar-refractivity contribution in [1.82, 2.24) is 19.8 Å². The Morgan fingerprint density at radius 2 is 2.06 bits per heavy atom. The van der Waals surface area contributed by atoms with Crippen LogP contribution in [0.1, 0.15) is 38.4 Å². The highest BCUT2D eigenvalue weighted by Gasteiger charge is 2.09. The zero-order valence-corrected chi connectivity index (χ0v) is 11.6. The largest absolute Gasteiger partial charge is 0.334 e. The van der Waals surface area contributed by atoms with Crippen molar-refractivity contribution in [2.45, 2.75) is 45.7 Å². The molecule has 0 aromatic carbocycles. The molecule has 0 atom stereocenters. The van der Waals surface area contributed by atoms with Gasteiger partial charge in [-0.2, -0.15) is 0 Å². The summed E-state index contributed by atoms with van der Waals surface area (Å²) < 4.78 is 2.24. The van der Waals surface area contributed by atoms with Crippen molar-refractivity contribution >= 4 is 0 Å². The fourth-order valence-corrected chi connectivity index (χ4v) is 2.57. The second kappa shape index (κ2) is 7.54. The van der Waals surface area contributed by atoms with Gasteiger partial charge in [0.05, 0.1) is 6.54 Å². The Morgan fingerprint density at radius 3 is 2.83 bits per heavy atom. The summed E-state index contributed by atoms with van der Waals surface area (Å²) in [5.74, 6) is 1.16. The molecule has 0 bridgehead atoms. The van der Waals surface area contributed by atoms with Crippen LogP contribution in [-0.2, 0) is 13.1 Å². The normalized spacial score (nSPS) is 17.2. The second-order valence-corrected chi connectivity index (χ2v) is 5.12. The number of aryl methyl sites for hydroxylation is 1. The molecule has 0 unspecified atom stereocenters. The number of piperidine rings is 1. The van der Waals surface area contributed by atoms with E-state index in [0.29, 0.717) is 0 Å². The van der Waals surface area contributed by atoms with Crippen LogP contribution in [0.4, 0.5) is 0 Å². The molecule has 2 rings (SSSR count). The summed E-state index contributed by atoms with van der Waals surface area (Å²) in [7, 11) is 0. The van der Waals surface area contributed by atoms with Crippen LogP contribution < -0.4 is 5.32 Å². The molecule has 1 aromatic rings. The van der Waals surface area contributed by atoms with E-state index >= 15 is 0 Å². The summed E-state index contributed by atoms with van der Waals surface area (Å²) in [5.41, 5.74) is 0. The number of aromatic nitrogens is 2. The van der Waals surface area contributed by atoms with Gasteiger partial charge < -0.3 is 14.8 Å². The number of nitrogens with one attached hydrogen (secondary N) is 1. The van der Waals surface area contributed by atoms with Crippen molar-refractivity contribution in [3.05, 3.63) is 18.2 Å². The first kappa shape index (κ1) is 13.6. The standard InChI is InChI=1S/C14H26N4/c1-2-8-18-12-7-16-14(18)13-15-6-11-17-9-4-3-5-10-17/h7,12,15H,2-6,8-11,13H2,1H3. The highest BCUT2D eigenvalue weighted by atomic mass is 15.1. The van der Waals surface area contributed by atoms with E-state index in [4.69, 9.17) is 0 Å². The molecular formula is C14H26N4. The van der Waals surface area contributed by atoms with Crippen LogP contribution in [0.5, 0.6) is 0 Å². The van der Waals surface area contributed by atoms with E-state index in [9.17, 15) is 0 Å². The van der Waals surface area contributed by atoms with Crippen molar-refractivity contribution in [2.75, 3.05) is 26.2 Å². The molecule has 0 radical (unpaired) electrons. The lowest BCUT2D eigenvalue weighted by molar-refractivity contribution is 0.228. The summed E-state index contributed by atoms with van der Waals surface area (Å²) in [4.78, 5) is 6.97. The second-order valence-electron chi connectivity index (χ2n) is 5.12. The molecule has 4 heteroatoms. The van der Waals surface area contributed by atoms with Crippen LogP contribution in [0.2, 0.25) is 0 Å². The Hall–Kier alpha value is -0.870. The predicted molar refractivity (Wildman–Crippen MR) is 74.5 cm³/mol. The predicted octanol–water partition coefficient (Wildman–Crippen LogP) is 1.87. The van der Waals surface area contributed by atoms with Crippen LogP contribution in [0.25, 0.3) is 0 Å². The van der Waals surface area contributed by atoms with Gasteiger partial charge in [-0.15, -0.1) is 0 Å². The minimum Gasteiger partial charge on any atom is -0.334 e. The summed E-state index contributed by atoms with van der Waals surface area (Å²) in [6.07, 6.45) is 9.31. The van der Waals surface area contributed by atoms with Crippen LogP contribution in [-0.4, -0.2) is 40.6 Å². The Balaban J connectivity index is 1.63. The Bertz CT molecular complexity index is 328. The smallest absolute Gasteiger partial charge is 0.122 e. The third-order valence-electron chi connectivity index (χ3n) is 3.60. The molecule has 1 N–H and O–H groups in total. The van der Waals surface area contributed by atoms with Crippen molar-refractivity contribution < 1.29 is 0 Å². The minimum atomic E-state index is 0.890. The van der Waals surface area contributed by atoms with Gasteiger partial charge in [0, 0.05) is 32.0 Å². The zero-order chi connectivity index (χ0) is 12.6. The van der Waals surface area contributed by atoms with E-state index in [-0.39, 0.29) is 0 Å². The van der Waals surface area contributed by atoms with E-state index in [1.165, 1.54) is 38.9 Å². The molecule has 0 amide bonds. The van der Waals surface area contributed by atoms with Crippen molar-refractivity contribution in [2.24, 2.45) is 0 Å². The van der Waals surface area contributed by atoms with Gasteiger partial charge in [0.25, 0.3) is 0 Å². The number of nitrogens with zero attached hydrogens (tertiary/aromatic N) is 3. The lowest BCUT2D eigenvalue weighted by atomic mass is 10.1. The van der Waals surface area contributed by atoms with Gasteiger partial charge >= 0.3 is 0 Å². The van der Waals surface area contributed by atoms with E-state index in [2.05, 4.69) is 32.9 Å². The van der Waals surface area contributed by atoms with Crippen molar-refractivity contribution in [3.63, 3.8) is 0 Å². The van der Waals surface area contributed by atoms with Crippen LogP contribution in [0.3, 0.4) is 0 Å². The maximum absolute atomic E-state index is 4.41. The molecule has 1 aliphatic heterocycles. The number of rotatable bonds is 7. The average Bonchev–Trinajstić information content (AvgIpc) is 2.84. The van der Waals surface area contributed by atoms with Crippen molar-refractivity contribution in [1.29, 1.82) is 0 Å². The van der Waals surface area contributed by atoms with Crippen LogP contribution >= 0.6 is 0 Å². The average molecular weight is 250 g/mol. The summed E-state index contributed by atoms with van der Waals surface area (Å²) in [5, 5.41) is 3.51. The first-order valence-electron chi connectivity index (χ1n) is 7.33. The van der Waals surface area contributed by atoms with Crippen LogP contribution in [0, 0.1) is 0 Å². The van der Waals surface area contributed by atoms with E-state index < -0.39 is 0 Å². The number of hydrogen-bond acceptors (Lipinski definition) is 3. The van der Waals surface area contributed by atoms with Gasteiger partial charge in [-0.25, -0.2) is 4.98 Å². The van der Waals surface area contributed by atoms with Gasteiger partial charge in [0.2, 0.25) is 0 Å². The molecule has 0 spiro atoms. The summed E-state index contributed by atoms with van der Waals surface area (Å²) in [6, 6.07) is 0. The Kier molecular flexibility index (Phi) is 5.68. The van der Waals surface area contributed by atoms with E-state index in [0.717, 1.165) is 31.9 Å². The number of imidazole rings is 1. The van der Waals surface area contributed by atoms with E-state index in [1.807, 2.05) is 6.20 Å².